The number of hydrogen-bond donors (Lipinski definition) is 3. The zero-order chi connectivity index (χ0) is 17.5. The Kier molecular flexibility index (Phi) is 5.68. The van der Waals surface area contributed by atoms with E-state index in [1.807, 2.05) is 12.1 Å². The largest absolute Gasteiger partial charge is 0.348 e. The van der Waals surface area contributed by atoms with Gasteiger partial charge in [-0.15, -0.1) is 0 Å². The first-order valence-corrected chi connectivity index (χ1v) is 7.46. The summed E-state index contributed by atoms with van der Waals surface area (Å²) in [7, 11) is 0. The van der Waals surface area contributed by atoms with Gasteiger partial charge in [-0.1, -0.05) is 12.1 Å². The Labute approximate surface area is 140 Å². The van der Waals surface area contributed by atoms with E-state index in [9.17, 15) is 14.4 Å². The predicted molar refractivity (Wildman–Crippen MR) is 92.7 cm³/mol. The highest BCUT2D eigenvalue weighted by Gasteiger charge is 2.06. The summed E-state index contributed by atoms with van der Waals surface area (Å²) in [6.45, 7) is 3.26. The lowest BCUT2D eigenvalue weighted by Gasteiger charge is -2.08. The maximum Gasteiger partial charge on any atom is 0.251 e. The van der Waals surface area contributed by atoms with Crippen molar-refractivity contribution in [3.8, 4) is 0 Å². The van der Waals surface area contributed by atoms with E-state index in [-0.39, 0.29) is 17.7 Å². The van der Waals surface area contributed by atoms with Crippen LogP contribution in [0.1, 0.15) is 29.8 Å². The van der Waals surface area contributed by atoms with Gasteiger partial charge in [-0.25, -0.2) is 0 Å². The van der Waals surface area contributed by atoms with Crippen LogP contribution < -0.4 is 16.0 Å². The summed E-state index contributed by atoms with van der Waals surface area (Å²) >= 11 is 0. The van der Waals surface area contributed by atoms with Crippen molar-refractivity contribution in [3.63, 3.8) is 0 Å². The summed E-state index contributed by atoms with van der Waals surface area (Å²) in [6, 6.07) is 13.9. The molecule has 0 saturated carbocycles. The second kappa shape index (κ2) is 7.92. The number of anilines is 2. The number of amides is 3. The molecule has 0 aliphatic rings. The van der Waals surface area contributed by atoms with Gasteiger partial charge in [0, 0.05) is 37.3 Å². The molecule has 24 heavy (non-hydrogen) atoms. The van der Waals surface area contributed by atoms with Crippen molar-refractivity contribution in [2.45, 2.75) is 20.4 Å². The van der Waals surface area contributed by atoms with Crippen LogP contribution in [0.3, 0.4) is 0 Å². The lowest BCUT2D eigenvalue weighted by Crippen LogP contribution is -2.22. The van der Waals surface area contributed by atoms with E-state index >= 15 is 0 Å². The Morgan fingerprint density at radius 3 is 1.67 bits per heavy atom. The number of hydrogen-bond acceptors (Lipinski definition) is 3. The fraction of sp³-hybridized carbons (Fsp3) is 0.167. The summed E-state index contributed by atoms with van der Waals surface area (Å²) < 4.78 is 0. The molecule has 0 spiro atoms. The van der Waals surface area contributed by atoms with Crippen LogP contribution in [-0.2, 0) is 16.1 Å². The van der Waals surface area contributed by atoms with Crippen LogP contribution >= 0.6 is 0 Å². The lowest BCUT2D eigenvalue weighted by molar-refractivity contribution is -0.115. The molecule has 0 aliphatic carbocycles. The first-order chi connectivity index (χ1) is 11.4. The van der Waals surface area contributed by atoms with Crippen molar-refractivity contribution in [3.05, 3.63) is 59.7 Å². The molecule has 0 heterocycles. The first kappa shape index (κ1) is 17.2. The number of benzene rings is 2. The molecule has 0 aliphatic heterocycles. The molecule has 2 aromatic carbocycles. The van der Waals surface area contributed by atoms with E-state index in [1.165, 1.54) is 13.8 Å². The van der Waals surface area contributed by atoms with E-state index in [0.29, 0.717) is 23.5 Å². The molecular weight excluding hydrogens is 306 g/mol. The number of carbonyl (C=O) groups excluding carboxylic acids is 3. The maximum absolute atomic E-state index is 12.1. The molecule has 3 amide bonds. The molecule has 2 rings (SSSR count). The third-order valence-electron chi connectivity index (χ3n) is 3.19. The normalized spacial score (nSPS) is 9.92. The van der Waals surface area contributed by atoms with E-state index in [1.54, 1.807) is 36.4 Å². The van der Waals surface area contributed by atoms with Crippen molar-refractivity contribution >= 4 is 29.1 Å². The van der Waals surface area contributed by atoms with Gasteiger partial charge in [-0.05, 0) is 42.0 Å². The Balaban J connectivity index is 1.90. The summed E-state index contributed by atoms with van der Waals surface area (Å²) in [5.41, 5.74) is 2.80. The van der Waals surface area contributed by atoms with Crippen molar-refractivity contribution in [1.29, 1.82) is 0 Å². The van der Waals surface area contributed by atoms with E-state index in [2.05, 4.69) is 16.0 Å². The van der Waals surface area contributed by atoms with Crippen LogP contribution in [0.25, 0.3) is 0 Å². The number of rotatable bonds is 5. The third kappa shape index (κ3) is 5.24. The van der Waals surface area contributed by atoms with Crippen LogP contribution in [0.2, 0.25) is 0 Å². The van der Waals surface area contributed by atoms with Crippen molar-refractivity contribution in [2.75, 3.05) is 10.6 Å². The third-order valence-corrected chi connectivity index (χ3v) is 3.19. The molecule has 2 aromatic rings. The zero-order valence-corrected chi connectivity index (χ0v) is 13.6. The molecule has 6 nitrogen and oxygen atoms in total. The average Bonchev–Trinajstić information content (AvgIpc) is 2.53. The minimum atomic E-state index is -0.199. The molecule has 0 bridgehead atoms. The van der Waals surface area contributed by atoms with Gasteiger partial charge in [-0.3, -0.25) is 14.4 Å². The second-order valence-electron chi connectivity index (χ2n) is 5.32. The standard InChI is InChI=1S/C18H19N3O3/c1-12(22)20-16-7-3-14(4-8-16)11-19-18(24)15-5-9-17(10-6-15)21-13(2)23/h3-10H,11H2,1-2H3,(H,19,24)(H,20,22)(H,21,23). The zero-order valence-electron chi connectivity index (χ0n) is 13.6. The van der Waals surface area contributed by atoms with Gasteiger partial charge in [0.05, 0.1) is 0 Å². The Hall–Kier alpha value is -3.15. The van der Waals surface area contributed by atoms with Gasteiger partial charge in [-0.2, -0.15) is 0 Å². The van der Waals surface area contributed by atoms with Crippen molar-refractivity contribution < 1.29 is 14.4 Å². The molecule has 0 aromatic heterocycles. The van der Waals surface area contributed by atoms with Crippen LogP contribution in [-0.4, -0.2) is 17.7 Å². The van der Waals surface area contributed by atoms with E-state index in [0.717, 1.165) is 5.56 Å². The van der Waals surface area contributed by atoms with Crippen LogP contribution in [0.15, 0.2) is 48.5 Å². The van der Waals surface area contributed by atoms with Crippen LogP contribution in [0.4, 0.5) is 11.4 Å². The van der Waals surface area contributed by atoms with Gasteiger partial charge < -0.3 is 16.0 Å². The summed E-state index contributed by atoms with van der Waals surface area (Å²) in [4.78, 5) is 34.0. The lowest BCUT2D eigenvalue weighted by atomic mass is 10.1. The van der Waals surface area contributed by atoms with Gasteiger partial charge in [0.1, 0.15) is 0 Å². The fourth-order valence-electron chi connectivity index (χ4n) is 2.10. The minimum Gasteiger partial charge on any atom is -0.348 e. The SMILES string of the molecule is CC(=O)Nc1ccc(CNC(=O)c2ccc(NC(C)=O)cc2)cc1. The van der Waals surface area contributed by atoms with Gasteiger partial charge >= 0.3 is 0 Å². The summed E-state index contributed by atoms with van der Waals surface area (Å²) in [5, 5.41) is 8.15. The van der Waals surface area contributed by atoms with Crippen LogP contribution in [0, 0.1) is 0 Å². The average molecular weight is 325 g/mol. The van der Waals surface area contributed by atoms with Crippen molar-refractivity contribution in [2.24, 2.45) is 0 Å². The highest BCUT2D eigenvalue weighted by atomic mass is 16.2. The Bertz CT molecular complexity index is 737. The summed E-state index contributed by atoms with van der Waals surface area (Å²) in [6.07, 6.45) is 0. The molecule has 6 heteroatoms. The number of nitrogens with one attached hydrogen (secondary N) is 3. The molecule has 0 atom stereocenters. The molecule has 0 unspecified atom stereocenters. The van der Waals surface area contributed by atoms with Crippen molar-refractivity contribution in [1.82, 2.24) is 5.32 Å². The topological polar surface area (TPSA) is 87.3 Å². The van der Waals surface area contributed by atoms with Crippen LogP contribution in [0.5, 0.6) is 0 Å². The quantitative estimate of drug-likeness (QED) is 0.789. The molecule has 0 saturated heterocycles. The van der Waals surface area contributed by atoms with Gasteiger partial charge in [0.2, 0.25) is 11.8 Å². The van der Waals surface area contributed by atoms with E-state index < -0.39 is 0 Å². The summed E-state index contributed by atoms with van der Waals surface area (Å²) in [5.74, 6) is -0.482. The first-order valence-electron chi connectivity index (χ1n) is 7.46. The fourth-order valence-corrected chi connectivity index (χ4v) is 2.10. The molecule has 0 radical (unpaired) electrons. The second-order valence-corrected chi connectivity index (χ2v) is 5.32. The molecule has 124 valence electrons. The number of carbonyl (C=O) groups is 3. The smallest absolute Gasteiger partial charge is 0.251 e. The molecule has 3 N–H and O–H groups in total. The highest BCUT2D eigenvalue weighted by molar-refractivity contribution is 5.95. The predicted octanol–water partition coefficient (Wildman–Crippen LogP) is 2.53. The van der Waals surface area contributed by atoms with E-state index in [4.69, 9.17) is 0 Å². The Morgan fingerprint density at radius 1 is 0.750 bits per heavy atom. The molecule has 0 fully saturated rings. The minimum absolute atomic E-state index is 0.126. The maximum atomic E-state index is 12.1. The Morgan fingerprint density at radius 2 is 1.21 bits per heavy atom. The monoisotopic (exact) mass is 325 g/mol. The highest BCUT2D eigenvalue weighted by Crippen LogP contribution is 2.11. The van der Waals surface area contributed by atoms with Gasteiger partial charge in [0.15, 0.2) is 0 Å². The molecular formula is C18H19N3O3. The van der Waals surface area contributed by atoms with Gasteiger partial charge in [0.25, 0.3) is 5.91 Å².